The maximum absolute atomic E-state index is 6.13. The second-order valence-corrected chi connectivity index (χ2v) is 6.16. The molecule has 0 fully saturated rings. The van der Waals surface area contributed by atoms with Crippen molar-refractivity contribution < 1.29 is 0 Å². The molecule has 1 aromatic carbocycles. The first kappa shape index (κ1) is 15.5. The van der Waals surface area contributed by atoms with Gasteiger partial charge in [0.05, 0.1) is 22.4 Å². The molecule has 0 bridgehead atoms. The third kappa shape index (κ3) is 3.25. The van der Waals surface area contributed by atoms with Crippen molar-refractivity contribution in [3.05, 3.63) is 50.7 Å². The predicted molar refractivity (Wildman–Crippen MR) is 87.2 cm³/mol. The molecule has 1 atom stereocenters. The van der Waals surface area contributed by atoms with E-state index in [2.05, 4.69) is 45.4 Å². The summed E-state index contributed by atoms with van der Waals surface area (Å²) in [4.78, 5) is 0. The third-order valence-corrected chi connectivity index (χ3v) is 4.36. The van der Waals surface area contributed by atoms with E-state index in [9.17, 15) is 0 Å². The molecule has 0 radical (unpaired) electrons. The largest absolute Gasteiger partial charge is 0.305 e. The van der Waals surface area contributed by atoms with Crippen molar-refractivity contribution in [2.75, 3.05) is 6.54 Å². The van der Waals surface area contributed by atoms with Crippen LogP contribution in [0, 0.1) is 6.92 Å². The quantitative estimate of drug-likeness (QED) is 0.868. The third-order valence-electron chi connectivity index (χ3n) is 3.32. The molecular weight excluding hydrogens is 338 g/mol. The number of benzene rings is 1. The van der Waals surface area contributed by atoms with Gasteiger partial charge in [0.1, 0.15) is 0 Å². The SMILES string of the molecule is CCCNC(c1ccc(Cl)c(C)c1)c1c(Br)cnn1C. The van der Waals surface area contributed by atoms with Crippen molar-refractivity contribution in [1.29, 1.82) is 0 Å². The number of halogens is 2. The van der Waals surface area contributed by atoms with Crippen LogP contribution in [0.2, 0.25) is 5.02 Å². The van der Waals surface area contributed by atoms with Gasteiger partial charge in [-0.2, -0.15) is 5.10 Å². The highest BCUT2D eigenvalue weighted by Crippen LogP contribution is 2.30. The minimum Gasteiger partial charge on any atom is -0.305 e. The van der Waals surface area contributed by atoms with Gasteiger partial charge in [0.2, 0.25) is 0 Å². The van der Waals surface area contributed by atoms with Crippen molar-refractivity contribution in [2.45, 2.75) is 26.3 Å². The highest BCUT2D eigenvalue weighted by Gasteiger charge is 2.20. The van der Waals surface area contributed by atoms with E-state index in [1.807, 2.05) is 30.9 Å². The van der Waals surface area contributed by atoms with Crippen LogP contribution in [0.25, 0.3) is 0 Å². The fourth-order valence-electron chi connectivity index (χ4n) is 2.25. The molecule has 0 amide bonds. The van der Waals surface area contributed by atoms with Crippen molar-refractivity contribution in [1.82, 2.24) is 15.1 Å². The van der Waals surface area contributed by atoms with Crippen LogP contribution in [0.3, 0.4) is 0 Å². The lowest BCUT2D eigenvalue weighted by Gasteiger charge is -2.21. The Morgan fingerprint density at radius 3 is 2.75 bits per heavy atom. The lowest BCUT2D eigenvalue weighted by molar-refractivity contribution is 0.552. The zero-order valence-electron chi connectivity index (χ0n) is 12.0. The van der Waals surface area contributed by atoms with Gasteiger partial charge in [-0.3, -0.25) is 4.68 Å². The molecule has 2 aromatic rings. The van der Waals surface area contributed by atoms with E-state index < -0.39 is 0 Å². The first-order chi connectivity index (χ1) is 9.54. The van der Waals surface area contributed by atoms with Crippen LogP contribution in [0.4, 0.5) is 0 Å². The number of hydrogen-bond acceptors (Lipinski definition) is 2. The van der Waals surface area contributed by atoms with Gasteiger partial charge in [-0.15, -0.1) is 0 Å². The van der Waals surface area contributed by atoms with Crippen LogP contribution < -0.4 is 5.32 Å². The van der Waals surface area contributed by atoms with Crippen molar-refractivity contribution in [2.24, 2.45) is 7.05 Å². The summed E-state index contributed by atoms with van der Waals surface area (Å²) in [6.45, 7) is 5.14. The molecule has 0 saturated carbocycles. The maximum atomic E-state index is 6.13. The van der Waals surface area contributed by atoms with Gasteiger partial charge in [0.15, 0.2) is 0 Å². The highest BCUT2D eigenvalue weighted by atomic mass is 79.9. The van der Waals surface area contributed by atoms with E-state index >= 15 is 0 Å². The van der Waals surface area contributed by atoms with Gasteiger partial charge in [-0.05, 0) is 53.0 Å². The average molecular weight is 357 g/mol. The van der Waals surface area contributed by atoms with Gasteiger partial charge in [0, 0.05) is 12.1 Å². The normalized spacial score (nSPS) is 12.7. The van der Waals surface area contributed by atoms with Gasteiger partial charge >= 0.3 is 0 Å². The van der Waals surface area contributed by atoms with E-state index in [1.54, 1.807) is 0 Å². The van der Waals surface area contributed by atoms with Gasteiger partial charge in [-0.25, -0.2) is 0 Å². The summed E-state index contributed by atoms with van der Waals surface area (Å²) >= 11 is 9.72. The Kier molecular flexibility index (Phi) is 5.24. The topological polar surface area (TPSA) is 29.9 Å². The second-order valence-electron chi connectivity index (χ2n) is 4.90. The number of aryl methyl sites for hydroxylation is 2. The summed E-state index contributed by atoms with van der Waals surface area (Å²) in [7, 11) is 1.96. The Morgan fingerprint density at radius 2 is 2.20 bits per heavy atom. The Hall–Kier alpha value is -0.840. The van der Waals surface area contributed by atoms with E-state index in [0.717, 1.165) is 33.7 Å². The molecule has 0 aliphatic carbocycles. The highest BCUT2D eigenvalue weighted by molar-refractivity contribution is 9.10. The molecule has 1 unspecified atom stereocenters. The fourth-order valence-corrected chi connectivity index (χ4v) is 2.95. The maximum Gasteiger partial charge on any atom is 0.0759 e. The summed E-state index contributed by atoms with van der Waals surface area (Å²) in [5, 5.41) is 8.70. The molecule has 5 heteroatoms. The fraction of sp³-hybridized carbons (Fsp3) is 0.400. The molecule has 1 aromatic heterocycles. The Bertz CT molecular complexity index is 575. The summed E-state index contributed by atoms with van der Waals surface area (Å²) in [6.07, 6.45) is 2.91. The second kappa shape index (κ2) is 6.74. The summed E-state index contributed by atoms with van der Waals surface area (Å²) in [5.74, 6) is 0. The van der Waals surface area contributed by atoms with Crippen LogP contribution >= 0.6 is 27.5 Å². The number of hydrogen-bond donors (Lipinski definition) is 1. The van der Waals surface area contributed by atoms with Crippen molar-refractivity contribution >= 4 is 27.5 Å². The minimum absolute atomic E-state index is 0.104. The minimum atomic E-state index is 0.104. The molecule has 1 N–H and O–H groups in total. The molecule has 0 saturated heterocycles. The molecule has 1 heterocycles. The first-order valence-electron chi connectivity index (χ1n) is 6.71. The number of aromatic nitrogens is 2. The number of nitrogens with zero attached hydrogens (tertiary/aromatic N) is 2. The molecule has 2 rings (SSSR count). The molecule has 108 valence electrons. The molecule has 0 aliphatic heterocycles. The smallest absolute Gasteiger partial charge is 0.0759 e. The first-order valence-corrected chi connectivity index (χ1v) is 7.88. The zero-order valence-corrected chi connectivity index (χ0v) is 14.3. The van der Waals surface area contributed by atoms with Crippen LogP contribution in [0.15, 0.2) is 28.9 Å². The molecule has 0 spiro atoms. The Labute approximate surface area is 133 Å². The summed E-state index contributed by atoms with van der Waals surface area (Å²) in [6, 6.07) is 6.27. The molecular formula is C15H19BrClN3. The summed E-state index contributed by atoms with van der Waals surface area (Å²) < 4.78 is 2.92. The van der Waals surface area contributed by atoms with Gasteiger partial charge in [-0.1, -0.05) is 30.7 Å². The van der Waals surface area contributed by atoms with Gasteiger partial charge < -0.3 is 5.32 Å². The number of nitrogens with one attached hydrogen (secondary N) is 1. The van der Waals surface area contributed by atoms with Crippen LogP contribution in [-0.2, 0) is 7.05 Å². The van der Waals surface area contributed by atoms with Crippen molar-refractivity contribution in [3.8, 4) is 0 Å². The molecule has 20 heavy (non-hydrogen) atoms. The van der Waals surface area contributed by atoms with E-state index in [0.29, 0.717) is 0 Å². The van der Waals surface area contributed by atoms with Crippen LogP contribution in [-0.4, -0.2) is 16.3 Å². The van der Waals surface area contributed by atoms with Gasteiger partial charge in [0.25, 0.3) is 0 Å². The van der Waals surface area contributed by atoms with Crippen LogP contribution in [0.1, 0.15) is 36.2 Å². The number of rotatable bonds is 5. The summed E-state index contributed by atoms with van der Waals surface area (Å²) in [5.41, 5.74) is 3.41. The zero-order chi connectivity index (χ0) is 14.7. The average Bonchev–Trinajstić information content (AvgIpc) is 2.75. The van der Waals surface area contributed by atoms with Crippen LogP contribution in [0.5, 0.6) is 0 Å². The van der Waals surface area contributed by atoms with E-state index in [4.69, 9.17) is 11.6 Å². The lowest BCUT2D eigenvalue weighted by Crippen LogP contribution is -2.25. The monoisotopic (exact) mass is 355 g/mol. The van der Waals surface area contributed by atoms with E-state index in [-0.39, 0.29) is 6.04 Å². The van der Waals surface area contributed by atoms with E-state index in [1.165, 1.54) is 5.56 Å². The molecule has 0 aliphatic rings. The Balaban J connectivity index is 2.44. The lowest BCUT2D eigenvalue weighted by atomic mass is 10.0. The Morgan fingerprint density at radius 1 is 1.45 bits per heavy atom. The predicted octanol–water partition coefficient (Wildman–Crippen LogP) is 4.23. The van der Waals surface area contributed by atoms with Crippen molar-refractivity contribution in [3.63, 3.8) is 0 Å². The molecule has 3 nitrogen and oxygen atoms in total. The standard InChI is InChI=1S/C15H19BrClN3/c1-4-7-18-14(15-12(16)9-19-20(15)3)11-5-6-13(17)10(2)8-11/h5-6,8-9,14,18H,4,7H2,1-3H3.